The Morgan fingerprint density at radius 3 is 2.93 bits per heavy atom. The van der Waals surface area contributed by atoms with Crippen LogP contribution < -0.4 is 4.90 Å². The van der Waals surface area contributed by atoms with E-state index in [-0.39, 0.29) is 17.9 Å². The molecule has 0 aliphatic rings. The van der Waals surface area contributed by atoms with E-state index >= 15 is 0 Å². The molecule has 0 fully saturated rings. The molecule has 1 rings (SSSR count). The van der Waals surface area contributed by atoms with Gasteiger partial charge in [-0.05, 0) is 47.5 Å². The monoisotopic (exact) mass is 341 g/mol. The van der Waals surface area contributed by atoms with Crippen molar-refractivity contribution >= 4 is 40.0 Å². The predicted molar refractivity (Wildman–Crippen MR) is 69.3 cm³/mol. The summed E-state index contributed by atoms with van der Waals surface area (Å²) >= 11 is 7.91. The number of rotatable bonds is 4. The largest absolute Gasteiger partial charge is 0.396 e. The molecule has 0 spiro atoms. The molecule has 1 aromatic heterocycles. The second kappa shape index (κ2) is 5.81. The SMILES string of the molecule is CC(CCO)N(C)c1nc(Cl)ncc1I. The fraction of sp³-hybridized carbons (Fsp3) is 0.556. The second-order valence-electron chi connectivity index (χ2n) is 3.28. The maximum atomic E-state index is 8.87. The van der Waals surface area contributed by atoms with Crippen molar-refractivity contribution in [1.82, 2.24) is 9.97 Å². The van der Waals surface area contributed by atoms with Gasteiger partial charge in [0.25, 0.3) is 0 Å². The number of hydrogen-bond acceptors (Lipinski definition) is 4. The number of aliphatic hydroxyl groups is 1. The molecule has 1 N–H and O–H groups in total. The smallest absolute Gasteiger partial charge is 0.224 e. The molecule has 1 aromatic rings. The lowest BCUT2D eigenvalue weighted by Gasteiger charge is -2.26. The van der Waals surface area contributed by atoms with Gasteiger partial charge in [-0.2, -0.15) is 4.98 Å². The van der Waals surface area contributed by atoms with Crippen molar-refractivity contribution in [3.05, 3.63) is 15.1 Å². The van der Waals surface area contributed by atoms with Gasteiger partial charge in [0.05, 0.1) is 3.57 Å². The lowest BCUT2D eigenvalue weighted by atomic mass is 10.2. The van der Waals surface area contributed by atoms with Crippen molar-refractivity contribution in [2.75, 3.05) is 18.6 Å². The highest BCUT2D eigenvalue weighted by Crippen LogP contribution is 2.21. The first-order chi connectivity index (χ1) is 7.06. The molecular formula is C9H13ClIN3O. The summed E-state index contributed by atoms with van der Waals surface area (Å²) in [7, 11) is 1.93. The molecule has 15 heavy (non-hydrogen) atoms. The van der Waals surface area contributed by atoms with E-state index in [4.69, 9.17) is 16.7 Å². The third-order valence-corrected chi connectivity index (χ3v) is 3.18. The lowest BCUT2D eigenvalue weighted by molar-refractivity contribution is 0.277. The molecule has 0 aliphatic heterocycles. The minimum atomic E-state index is 0.168. The molecule has 0 radical (unpaired) electrons. The molecule has 0 bridgehead atoms. The van der Waals surface area contributed by atoms with Crippen LogP contribution in [0.1, 0.15) is 13.3 Å². The van der Waals surface area contributed by atoms with Crippen LogP contribution in [0.4, 0.5) is 5.82 Å². The van der Waals surface area contributed by atoms with Gasteiger partial charge < -0.3 is 10.0 Å². The molecule has 1 heterocycles. The first-order valence-electron chi connectivity index (χ1n) is 4.58. The van der Waals surface area contributed by atoms with E-state index in [1.165, 1.54) is 0 Å². The Kier molecular flexibility index (Phi) is 5.01. The summed E-state index contributed by atoms with van der Waals surface area (Å²) < 4.78 is 0.948. The van der Waals surface area contributed by atoms with Gasteiger partial charge in [0, 0.05) is 25.9 Å². The zero-order chi connectivity index (χ0) is 11.4. The Hall–Kier alpha value is -0.140. The third kappa shape index (κ3) is 3.42. The maximum Gasteiger partial charge on any atom is 0.224 e. The molecule has 1 unspecified atom stereocenters. The van der Waals surface area contributed by atoms with E-state index in [2.05, 4.69) is 32.6 Å². The second-order valence-corrected chi connectivity index (χ2v) is 4.78. The van der Waals surface area contributed by atoms with E-state index in [0.717, 1.165) is 9.39 Å². The average Bonchev–Trinajstić information content (AvgIpc) is 2.21. The maximum absolute atomic E-state index is 8.87. The van der Waals surface area contributed by atoms with Gasteiger partial charge in [0.2, 0.25) is 5.28 Å². The highest BCUT2D eigenvalue weighted by atomic mass is 127. The van der Waals surface area contributed by atoms with Gasteiger partial charge in [-0.3, -0.25) is 0 Å². The standard InChI is InChI=1S/C9H13ClIN3O/c1-6(3-4-15)14(2)8-7(11)5-12-9(10)13-8/h5-6,15H,3-4H2,1-2H3. The Morgan fingerprint density at radius 2 is 2.33 bits per heavy atom. The first kappa shape index (κ1) is 12.9. The normalized spacial score (nSPS) is 12.6. The summed E-state index contributed by atoms with van der Waals surface area (Å²) in [5, 5.41) is 9.11. The number of aromatic nitrogens is 2. The Bertz CT molecular complexity index is 337. The molecule has 84 valence electrons. The lowest BCUT2D eigenvalue weighted by Crippen LogP contribution is -2.31. The minimum Gasteiger partial charge on any atom is -0.396 e. The summed E-state index contributed by atoms with van der Waals surface area (Å²) in [5.74, 6) is 0.802. The molecule has 0 saturated carbocycles. The van der Waals surface area contributed by atoms with Crippen molar-refractivity contribution in [2.45, 2.75) is 19.4 Å². The van der Waals surface area contributed by atoms with Crippen molar-refractivity contribution in [1.29, 1.82) is 0 Å². The highest BCUT2D eigenvalue weighted by molar-refractivity contribution is 14.1. The summed E-state index contributed by atoms with van der Waals surface area (Å²) in [6.45, 7) is 2.20. The van der Waals surface area contributed by atoms with E-state index in [9.17, 15) is 0 Å². The van der Waals surface area contributed by atoms with Crippen LogP contribution in [0.2, 0.25) is 5.28 Å². The molecule has 0 aromatic carbocycles. The van der Waals surface area contributed by atoms with Gasteiger partial charge >= 0.3 is 0 Å². The van der Waals surface area contributed by atoms with Crippen LogP contribution in [0.15, 0.2) is 6.20 Å². The van der Waals surface area contributed by atoms with Crippen molar-refractivity contribution in [3.63, 3.8) is 0 Å². The molecule has 6 heteroatoms. The van der Waals surface area contributed by atoms with Crippen LogP contribution in [-0.2, 0) is 0 Å². The van der Waals surface area contributed by atoms with Gasteiger partial charge in [-0.1, -0.05) is 0 Å². The highest BCUT2D eigenvalue weighted by Gasteiger charge is 2.14. The van der Waals surface area contributed by atoms with E-state index < -0.39 is 0 Å². The van der Waals surface area contributed by atoms with E-state index in [1.807, 2.05) is 18.9 Å². The summed E-state index contributed by atoms with van der Waals surface area (Å²) in [6.07, 6.45) is 2.39. The quantitative estimate of drug-likeness (QED) is 0.672. The molecular weight excluding hydrogens is 328 g/mol. The number of halogens is 2. The van der Waals surface area contributed by atoms with Crippen molar-refractivity contribution in [3.8, 4) is 0 Å². The molecule has 0 saturated heterocycles. The molecule has 0 amide bonds. The predicted octanol–water partition coefficient (Wildman–Crippen LogP) is 1.94. The summed E-state index contributed by atoms with van der Waals surface area (Å²) in [4.78, 5) is 10.1. The van der Waals surface area contributed by atoms with Crippen LogP contribution >= 0.6 is 34.2 Å². The van der Waals surface area contributed by atoms with Crippen LogP contribution in [0, 0.1) is 3.57 Å². The fourth-order valence-electron chi connectivity index (χ4n) is 1.17. The van der Waals surface area contributed by atoms with Crippen LogP contribution in [-0.4, -0.2) is 34.8 Å². The minimum absolute atomic E-state index is 0.168. The zero-order valence-corrected chi connectivity index (χ0v) is 11.5. The molecule has 0 aliphatic carbocycles. The number of hydrogen-bond donors (Lipinski definition) is 1. The number of nitrogens with zero attached hydrogens (tertiary/aromatic N) is 3. The summed E-state index contributed by atoms with van der Waals surface area (Å²) in [5.41, 5.74) is 0. The van der Waals surface area contributed by atoms with Gasteiger partial charge in [-0.25, -0.2) is 4.98 Å². The van der Waals surface area contributed by atoms with E-state index in [1.54, 1.807) is 6.20 Å². The van der Waals surface area contributed by atoms with Gasteiger partial charge in [0.1, 0.15) is 5.82 Å². The Balaban J connectivity index is 2.89. The topological polar surface area (TPSA) is 49.2 Å². The van der Waals surface area contributed by atoms with Crippen LogP contribution in [0.25, 0.3) is 0 Å². The van der Waals surface area contributed by atoms with Crippen LogP contribution in [0.5, 0.6) is 0 Å². The number of aliphatic hydroxyl groups excluding tert-OH is 1. The van der Waals surface area contributed by atoms with Crippen molar-refractivity contribution < 1.29 is 5.11 Å². The fourth-order valence-corrected chi connectivity index (χ4v) is 1.94. The first-order valence-corrected chi connectivity index (χ1v) is 6.03. The molecule has 1 atom stereocenters. The van der Waals surface area contributed by atoms with Gasteiger partial charge in [-0.15, -0.1) is 0 Å². The molecule has 4 nitrogen and oxygen atoms in total. The number of anilines is 1. The van der Waals surface area contributed by atoms with Crippen LogP contribution in [0.3, 0.4) is 0 Å². The Labute approximate surface area is 108 Å². The van der Waals surface area contributed by atoms with Gasteiger partial charge in [0.15, 0.2) is 0 Å². The average molecular weight is 342 g/mol. The Morgan fingerprint density at radius 1 is 1.67 bits per heavy atom. The summed E-state index contributed by atoms with van der Waals surface area (Å²) in [6, 6.07) is 0.217. The third-order valence-electron chi connectivity index (χ3n) is 2.24. The van der Waals surface area contributed by atoms with E-state index in [0.29, 0.717) is 6.42 Å². The van der Waals surface area contributed by atoms with Crippen molar-refractivity contribution in [2.24, 2.45) is 0 Å². The zero-order valence-electron chi connectivity index (χ0n) is 8.61.